The van der Waals surface area contributed by atoms with Crippen LogP contribution in [-0.4, -0.2) is 29.1 Å². The Morgan fingerprint density at radius 1 is 1.50 bits per heavy atom. The molecule has 0 aromatic carbocycles. The van der Waals surface area contributed by atoms with Gasteiger partial charge in [-0.3, -0.25) is 9.59 Å². The van der Waals surface area contributed by atoms with Crippen molar-refractivity contribution in [2.45, 2.75) is 32.4 Å². The van der Waals surface area contributed by atoms with Crippen LogP contribution in [0, 0.1) is 0 Å². The van der Waals surface area contributed by atoms with Crippen LogP contribution in [0.15, 0.2) is 0 Å². The van der Waals surface area contributed by atoms with E-state index < -0.39 is 18.1 Å². The van der Waals surface area contributed by atoms with Crippen LogP contribution in [0.2, 0.25) is 0 Å². The predicted molar refractivity (Wildman–Crippen MR) is 43.1 cm³/mol. The Labute approximate surface area is 70.9 Å². The maximum Gasteiger partial charge on any atom is 0.239 e. The number of rotatable bonds is 4. The van der Waals surface area contributed by atoms with E-state index >= 15 is 0 Å². The second kappa shape index (κ2) is 4.71. The van der Waals surface area contributed by atoms with Crippen molar-refractivity contribution in [2.24, 2.45) is 5.73 Å². The minimum Gasteiger partial charge on any atom is -0.393 e. The topological polar surface area (TPSA) is 92.4 Å². The number of primary amides is 1. The second-order valence-corrected chi connectivity index (χ2v) is 2.74. The molecule has 0 saturated carbocycles. The van der Waals surface area contributed by atoms with Crippen LogP contribution < -0.4 is 11.1 Å². The Kier molecular flexibility index (Phi) is 4.28. The van der Waals surface area contributed by atoms with E-state index in [0.29, 0.717) is 0 Å². The van der Waals surface area contributed by atoms with Crippen molar-refractivity contribution >= 4 is 11.8 Å². The molecule has 12 heavy (non-hydrogen) atoms. The van der Waals surface area contributed by atoms with Gasteiger partial charge < -0.3 is 16.2 Å². The number of amides is 2. The molecule has 0 aliphatic carbocycles. The summed E-state index contributed by atoms with van der Waals surface area (Å²) < 4.78 is 0. The van der Waals surface area contributed by atoms with Gasteiger partial charge >= 0.3 is 0 Å². The molecule has 5 nitrogen and oxygen atoms in total. The first-order chi connectivity index (χ1) is 5.43. The molecule has 0 aromatic heterocycles. The Bertz CT molecular complexity index is 179. The van der Waals surface area contributed by atoms with Crippen molar-refractivity contribution in [3.8, 4) is 0 Å². The first kappa shape index (κ1) is 10.9. The van der Waals surface area contributed by atoms with Gasteiger partial charge in [-0.1, -0.05) is 0 Å². The smallest absolute Gasteiger partial charge is 0.239 e. The third kappa shape index (κ3) is 4.68. The fraction of sp³-hybridized carbons (Fsp3) is 0.714. The zero-order valence-corrected chi connectivity index (χ0v) is 7.20. The van der Waals surface area contributed by atoms with Crippen LogP contribution in [0.25, 0.3) is 0 Å². The summed E-state index contributed by atoms with van der Waals surface area (Å²) in [5, 5.41) is 11.1. The van der Waals surface area contributed by atoms with Gasteiger partial charge in [-0.05, 0) is 13.8 Å². The molecular formula is C7H14N2O3. The molecule has 4 N–H and O–H groups in total. The lowest BCUT2D eigenvalue weighted by atomic mass is 10.2. The van der Waals surface area contributed by atoms with Crippen molar-refractivity contribution in [1.29, 1.82) is 0 Å². The molecule has 2 unspecified atom stereocenters. The summed E-state index contributed by atoms with van der Waals surface area (Å²) in [5.74, 6) is -0.967. The van der Waals surface area contributed by atoms with E-state index in [0.717, 1.165) is 0 Å². The van der Waals surface area contributed by atoms with Crippen LogP contribution in [0.5, 0.6) is 0 Å². The van der Waals surface area contributed by atoms with Crippen LogP contribution in [-0.2, 0) is 9.59 Å². The Hall–Kier alpha value is -1.10. The maximum atomic E-state index is 10.9. The van der Waals surface area contributed by atoms with Crippen molar-refractivity contribution < 1.29 is 14.7 Å². The molecule has 0 rings (SSSR count). The standard InChI is InChI=1S/C7H14N2O3/c1-4(10)3-6(11)9-5(2)7(8)12/h4-5,10H,3H2,1-2H3,(H2,8,12)(H,9,11). The highest BCUT2D eigenvalue weighted by molar-refractivity contribution is 5.86. The summed E-state index contributed by atoms with van der Waals surface area (Å²) >= 11 is 0. The number of nitrogens with one attached hydrogen (secondary N) is 1. The zero-order chi connectivity index (χ0) is 9.72. The van der Waals surface area contributed by atoms with Gasteiger partial charge in [0.05, 0.1) is 12.5 Å². The molecule has 0 aliphatic heterocycles. The average Bonchev–Trinajstić information content (AvgIpc) is 1.84. The summed E-state index contributed by atoms with van der Waals surface area (Å²) in [7, 11) is 0. The molecule has 0 bridgehead atoms. The van der Waals surface area contributed by atoms with E-state index in [9.17, 15) is 9.59 Å². The number of hydrogen-bond acceptors (Lipinski definition) is 3. The molecule has 0 heterocycles. The predicted octanol–water partition coefficient (Wildman–Crippen LogP) is -1.25. The van der Waals surface area contributed by atoms with E-state index in [1.165, 1.54) is 13.8 Å². The summed E-state index contributed by atoms with van der Waals surface area (Å²) in [6.45, 7) is 2.98. The zero-order valence-electron chi connectivity index (χ0n) is 7.20. The molecule has 2 atom stereocenters. The van der Waals surface area contributed by atoms with E-state index in [1.54, 1.807) is 0 Å². The van der Waals surface area contributed by atoms with Crippen LogP contribution in [0.3, 0.4) is 0 Å². The van der Waals surface area contributed by atoms with Gasteiger partial charge in [0.25, 0.3) is 0 Å². The van der Waals surface area contributed by atoms with Gasteiger partial charge in [-0.25, -0.2) is 0 Å². The first-order valence-electron chi connectivity index (χ1n) is 3.70. The Morgan fingerprint density at radius 2 is 2.00 bits per heavy atom. The third-order valence-electron chi connectivity index (χ3n) is 1.29. The largest absolute Gasteiger partial charge is 0.393 e. The molecule has 0 fully saturated rings. The van der Waals surface area contributed by atoms with Crippen molar-refractivity contribution in [3.05, 3.63) is 0 Å². The molecule has 0 saturated heterocycles. The molecule has 0 aliphatic rings. The quantitative estimate of drug-likeness (QED) is 0.497. The Morgan fingerprint density at radius 3 is 2.33 bits per heavy atom. The van der Waals surface area contributed by atoms with Crippen molar-refractivity contribution in [1.82, 2.24) is 5.32 Å². The molecule has 0 spiro atoms. The maximum absolute atomic E-state index is 10.9. The lowest BCUT2D eigenvalue weighted by molar-refractivity contribution is -0.128. The number of carbonyl (C=O) groups is 2. The minimum atomic E-state index is -0.704. The molecule has 0 radical (unpaired) electrons. The highest BCUT2D eigenvalue weighted by Gasteiger charge is 2.12. The van der Waals surface area contributed by atoms with Gasteiger partial charge in [0.1, 0.15) is 6.04 Å². The van der Waals surface area contributed by atoms with Gasteiger partial charge in [0.2, 0.25) is 11.8 Å². The van der Waals surface area contributed by atoms with Gasteiger partial charge in [0, 0.05) is 0 Å². The first-order valence-corrected chi connectivity index (χ1v) is 3.70. The van der Waals surface area contributed by atoms with E-state index in [2.05, 4.69) is 5.32 Å². The second-order valence-electron chi connectivity index (χ2n) is 2.74. The summed E-state index contributed by atoms with van der Waals surface area (Å²) in [6, 6.07) is -0.684. The molecule has 5 heteroatoms. The number of aliphatic hydroxyl groups excluding tert-OH is 1. The van der Waals surface area contributed by atoms with E-state index in [4.69, 9.17) is 10.8 Å². The molecular weight excluding hydrogens is 160 g/mol. The van der Waals surface area contributed by atoms with Crippen molar-refractivity contribution in [3.63, 3.8) is 0 Å². The van der Waals surface area contributed by atoms with Gasteiger partial charge in [-0.15, -0.1) is 0 Å². The highest BCUT2D eigenvalue weighted by Crippen LogP contribution is 1.90. The lowest BCUT2D eigenvalue weighted by Crippen LogP contribution is -2.42. The molecule has 70 valence electrons. The Balaban J connectivity index is 3.77. The van der Waals surface area contributed by atoms with E-state index in [-0.39, 0.29) is 12.3 Å². The van der Waals surface area contributed by atoms with Crippen molar-refractivity contribution in [2.75, 3.05) is 0 Å². The number of hydrogen-bond donors (Lipinski definition) is 3. The lowest BCUT2D eigenvalue weighted by Gasteiger charge is -2.10. The monoisotopic (exact) mass is 174 g/mol. The average molecular weight is 174 g/mol. The number of aliphatic hydroxyl groups is 1. The van der Waals surface area contributed by atoms with E-state index in [1.807, 2.05) is 0 Å². The summed E-state index contributed by atoms with van der Waals surface area (Å²) in [6.07, 6.45) is -0.720. The third-order valence-corrected chi connectivity index (χ3v) is 1.29. The minimum absolute atomic E-state index is 0.0162. The fourth-order valence-corrected chi connectivity index (χ4v) is 0.640. The number of carbonyl (C=O) groups excluding carboxylic acids is 2. The summed E-state index contributed by atoms with van der Waals surface area (Å²) in [4.78, 5) is 21.4. The fourth-order valence-electron chi connectivity index (χ4n) is 0.640. The number of nitrogens with two attached hydrogens (primary N) is 1. The van der Waals surface area contributed by atoms with Gasteiger partial charge in [-0.2, -0.15) is 0 Å². The summed E-state index contributed by atoms with van der Waals surface area (Å²) in [5.41, 5.74) is 4.90. The molecule has 0 aromatic rings. The SMILES string of the molecule is CC(O)CC(=O)NC(C)C(N)=O. The van der Waals surface area contributed by atoms with Crippen LogP contribution in [0.1, 0.15) is 20.3 Å². The normalized spacial score (nSPS) is 14.9. The van der Waals surface area contributed by atoms with Crippen LogP contribution in [0.4, 0.5) is 0 Å². The molecule has 2 amide bonds. The van der Waals surface area contributed by atoms with Gasteiger partial charge in [0.15, 0.2) is 0 Å². The highest BCUT2D eigenvalue weighted by atomic mass is 16.3. The van der Waals surface area contributed by atoms with Crippen LogP contribution >= 0.6 is 0 Å².